The standard InChI is InChI=1S/C13H14FN3/c14-12-4-1-5-13(11(12)7-15)17-9-10-3-2-6-16-8-10/h1-6,8,17H,7,9,15H2. The Morgan fingerprint density at radius 2 is 2.12 bits per heavy atom. The largest absolute Gasteiger partial charge is 0.381 e. The maximum Gasteiger partial charge on any atom is 0.129 e. The molecule has 0 spiro atoms. The van der Waals surface area contributed by atoms with Gasteiger partial charge in [0, 0.05) is 36.7 Å². The molecule has 17 heavy (non-hydrogen) atoms. The third-order valence-electron chi connectivity index (χ3n) is 2.53. The second-order valence-corrected chi connectivity index (χ2v) is 3.68. The van der Waals surface area contributed by atoms with Crippen LogP contribution in [0, 0.1) is 5.82 Å². The Morgan fingerprint density at radius 3 is 2.82 bits per heavy atom. The third kappa shape index (κ3) is 2.79. The molecule has 0 saturated carbocycles. The zero-order chi connectivity index (χ0) is 12.1. The molecule has 0 unspecified atom stereocenters. The lowest BCUT2D eigenvalue weighted by atomic mass is 10.1. The van der Waals surface area contributed by atoms with E-state index in [4.69, 9.17) is 5.73 Å². The number of pyridine rings is 1. The molecule has 2 rings (SSSR count). The van der Waals surface area contributed by atoms with Gasteiger partial charge in [-0.3, -0.25) is 4.98 Å². The normalized spacial score (nSPS) is 10.2. The van der Waals surface area contributed by atoms with Gasteiger partial charge in [0.2, 0.25) is 0 Å². The Balaban J connectivity index is 2.12. The van der Waals surface area contributed by atoms with E-state index in [0.717, 1.165) is 11.3 Å². The predicted octanol–water partition coefficient (Wildman–Crippen LogP) is 2.29. The smallest absolute Gasteiger partial charge is 0.129 e. The maximum atomic E-state index is 13.4. The van der Waals surface area contributed by atoms with Crippen LogP contribution in [0.15, 0.2) is 42.7 Å². The maximum absolute atomic E-state index is 13.4. The van der Waals surface area contributed by atoms with Gasteiger partial charge in [0.15, 0.2) is 0 Å². The summed E-state index contributed by atoms with van der Waals surface area (Å²) < 4.78 is 13.4. The fourth-order valence-electron chi connectivity index (χ4n) is 1.63. The van der Waals surface area contributed by atoms with Crippen LogP contribution in [0.25, 0.3) is 0 Å². The van der Waals surface area contributed by atoms with E-state index in [-0.39, 0.29) is 12.4 Å². The Hall–Kier alpha value is -1.94. The van der Waals surface area contributed by atoms with Gasteiger partial charge in [0.05, 0.1) is 0 Å². The molecular formula is C13H14FN3. The van der Waals surface area contributed by atoms with Gasteiger partial charge in [-0.2, -0.15) is 0 Å². The molecule has 4 heteroatoms. The molecule has 0 saturated heterocycles. The first-order valence-electron chi connectivity index (χ1n) is 5.41. The molecule has 1 aromatic heterocycles. The van der Waals surface area contributed by atoms with Crippen LogP contribution < -0.4 is 11.1 Å². The second-order valence-electron chi connectivity index (χ2n) is 3.68. The molecule has 88 valence electrons. The minimum Gasteiger partial charge on any atom is -0.381 e. The second kappa shape index (κ2) is 5.41. The average molecular weight is 231 g/mol. The molecular weight excluding hydrogens is 217 g/mol. The Kier molecular flexibility index (Phi) is 3.67. The Bertz CT molecular complexity index is 485. The number of aromatic nitrogens is 1. The van der Waals surface area contributed by atoms with Crippen LogP contribution in [0.2, 0.25) is 0 Å². The van der Waals surface area contributed by atoms with Crippen molar-refractivity contribution in [2.24, 2.45) is 5.73 Å². The van der Waals surface area contributed by atoms with E-state index in [9.17, 15) is 4.39 Å². The van der Waals surface area contributed by atoms with Crippen LogP contribution in [-0.4, -0.2) is 4.98 Å². The first-order chi connectivity index (χ1) is 8.31. The summed E-state index contributed by atoms with van der Waals surface area (Å²) >= 11 is 0. The van der Waals surface area contributed by atoms with Gasteiger partial charge in [-0.1, -0.05) is 12.1 Å². The molecule has 2 aromatic rings. The summed E-state index contributed by atoms with van der Waals surface area (Å²) in [7, 11) is 0. The lowest BCUT2D eigenvalue weighted by Crippen LogP contribution is -2.07. The number of anilines is 1. The van der Waals surface area contributed by atoms with Gasteiger partial charge in [0.1, 0.15) is 5.82 Å². The number of hydrogen-bond donors (Lipinski definition) is 2. The number of halogens is 1. The first kappa shape index (κ1) is 11.5. The van der Waals surface area contributed by atoms with Crippen molar-refractivity contribution in [1.29, 1.82) is 0 Å². The van der Waals surface area contributed by atoms with Crippen LogP contribution in [0.4, 0.5) is 10.1 Å². The van der Waals surface area contributed by atoms with Crippen molar-refractivity contribution >= 4 is 5.69 Å². The molecule has 0 atom stereocenters. The zero-order valence-electron chi connectivity index (χ0n) is 9.36. The third-order valence-corrected chi connectivity index (χ3v) is 2.53. The average Bonchev–Trinajstić information content (AvgIpc) is 2.37. The molecule has 3 N–H and O–H groups in total. The fourth-order valence-corrected chi connectivity index (χ4v) is 1.63. The van der Waals surface area contributed by atoms with Gasteiger partial charge in [-0.05, 0) is 23.8 Å². The number of nitrogens with zero attached hydrogens (tertiary/aromatic N) is 1. The summed E-state index contributed by atoms with van der Waals surface area (Å²) in [4.78, 5) is 4.02. The predicted molar refractivity (Wildman–Crippen MR) is 65.9 cm³/mol. The molecule has 0 fully saturated rings. The topological polar surface area (TPSA) is 50.9 Å². The van der Waals surface area contributed by atoms with E-state index in [1.165, 1.54) is 6.07 Å². The molecule has 0 aliphatic rings. The highest BCUT2D eigenvalue weighted by Crippen LogP contribution is 2.18. The minimum absolute atomic E-state index is 0.183. The van der Waals surface area contributed by atoms with Gasteiger partial charge < -0.3 is 11.1 Å². The van der Waals surface area contributed by atoms with E-state index in [1.807, 2.05) is 18.2 Å². The summed E-state index contributed by atoms with van der Waals surface area (Å²) in [5.41, 5.74) is 7.81. The Morgan fingerprint density at radius 1 is 1.24 bits per heavy atom. The van der Waals surface area contributed by atoms with Crippen molar-refractivity contribution in [3.8, 4) is 0 Å². The summed E-state index contributed by atoms with van der Waals surface area (Å²) in [6, 6.07) is 8.73. The van der Waals surface area contributed by atoms with Gasteiger partial charge in [0.25, 0.3) is 0 Å². The van der Waals surface area contributed by atoms with E-state index in [2.05, 4.69) is 10.3 Å². The van der Waals surface area contributed by atoms with E-state index >= 15 is 0 Å². The summed E-state index contributed by atoms with van der Waals surface area (Å²) in [6.07, 6.45) is 3.49. The molecule has 1 aromatic carbocycles. The summed E-state index contributed by atoms with van der Waals surface area (Å²) in [5, 5.41) is 3.16. The van der Waals surface area contributed by atoms with Crippen molar-refractivity contribution < 1.29 is 4.39 Å². The molecule has 0 aliphatic heterocycles. The van der Waals surface area contributed by atoms with Crippen molar-refractivity contribution in [1.82, 2.24) is 4.98 Å². The Labute approximate surface area is 99.5 Å². The van der Waals surface area contributed by atoms with Crippen molar-refractivity contribution in [3.63, 3.8) is 0 Å². The van der Waals surface area contributed by atoms with Crippen LogP contribution in [0.5, 0.6) is 0 Å². The van der Waals surface area contributed by atoms with Gasteiger partial charge >= 0.3 is 0 Å². The minimum atomic E-state index is -0.274. The number of nitrogens with two attached hydrogens (primary N) is 1. The van der Waals surface area contributed by atoms with Crippen LogP contribution in [0.1, 0.15) is 11.1 Å². The molecule has 0 aliphatic carbocycles. The van der Waals surface area contributed by atoms with E-state index < -0.39 is 0 Å². The monoisotopic (exact) mass is 231 g/mol. The number of benzene rings is 1. The number of hydrogen-bond acceptors (Lipinski definition) is 3. The summed E-state index contributed by atoms with van der Waals surface area (Å²) in [6.45, 7) is 0.784. The highest BCUT2D eigenvalue weighted by molar-refractivity contribution is 5.51. The van der Waals surface area contributed by atoms with Crippen LogP contribution in [0.3, 0.4) is 0 Å². The number of nitrogens with one attached hydrogen (secondary N) is 1. The van der Waals surface area contributed by atoms with E-state index in [1.54, 1.807) is 18.5 Å². The molecule has 1 heterocycles. The highest BCUT2D eigenvalue weighted by Gasteiger charge is 2.05. The van der Waals surface area contributed by atoms with Crippen LogP contribution in [-0.2, 0) is 13.1 Å². The summed E-state index contributed by atoms with van der Waals surface area (Å²) in [5.74, 6) is -0.274. The molecule has 0 radical (unpaired) electrons. The first-order valence-corrected chi connectivity index (χ1v) is 5.41. The molecule has 0 amide bonds. The van der Waals surface area contributed by atoms with Crippen molar-refractivity contribution in [2.45, 2.75) is 13.1 Å². The van der Waals surface area contributed by atoms with Crippen molar-refractivity contribution in [3.05, 3.63) is 59.7 Å². The number of rotatable bonds is 4. The van der Waals surface area contributed by atoms with E-state index in [0.29, 0.717) is 12.1 Å². The lowest BCUT2D eigenvalue weighted by molar-refractivity contribution is 0.611. The van der Waals surface area contributed by atoms with Gasteiger partial charge in [-0.15, -0.1) is 0 Å². The van der Waals surface area contributed by atoms with Crippen molar-refractivity contribution in [2.75, 3.05) is 5.32 Å². The SMILES string of the molecule is NCc1c(F)cccc1NCc1cccnc1. The lowest BCUT2D eigenvalue weighted by Gasteiger charge is -2.11. The molecule has 0 bridgehead atoms. The zero-order valence-corrected chi connectivity index (χ0v) is 9.36. The van der Waals surface area contributed by atoms with Crippen LogP contribution >= 0.6 is 0 Å². The highest BCUT2D eigenvalue weighted by atomic mass is 19.1. The van der Waals surface area contributed by atoms with Gasteiger partial charge in [-0.25, -0.2) is 4.39 Å². The molecule has 3 nitrogen and oxygen atoms in total. The fraction of sp³-hybridized carbons (Fsp3) is 0.154. The quantitative estimate of drug-likeness (QED) is 0.848.